The Morgan fingerprint density at radius 3 is 2.07 bits per heavy atom. The van der Waals surface area contributed by atoms with Crippen LogP contribution in [0.1, 0.15) is 49.4 Å². The van der Waals surface area contributed by atoms with Crippen molar-refractivity contribution in [1.82, 2.24) is 0 Å². The van der Waals surface area contributed by atoms with E-state index in [0.29, 0.717) is 13.2 Å². The molecule has 2 rings (SSSR count). The van der Waals surface area contributed by atoms with E-state index >= 15 is 0 Å². The first-order chi connectivity index (χ1) is 14.4. The summed E-state index contributed by atoms with van der Waals surface area (Å²) in [6, 6.07) is 13.6. The highest BCUT2D eigenvalue weighted by Gasteiger charge is 2.01. The third kappa shape index (κ3) is 12.9. The number of ether oxygens (including phenoxy) is 2. The van der Waals surface area contributed by atoms with Gasteiger partial charge in [-0.2, -0.15) is 0 Å². The van der Waals surface area contributed by atoms with Crippen LogP contribution in [0.2, 0.25) is 5.02 Å². The Kier molecular flexibility index (Phi) is 13.1. The van der Waals surface area contributed by atoms with Crippen molar-refractivity contribution in [2.45, 2.75) is 39.0 Å². The van der Waals surface area contributed by atoms with Gasteiger partial charge in [-0.3, -0.25) is 0 Å². The third-order valence-corrected chi connectivity index (χ3v) is 4.27. The molecule has 0 unspecified atom stereocenters. The van der Waals surface area contributed by atoms with Gasteiger partial charge in [-0.1, -0.05) is 43.0 Å². The summed E-state index contributed by atoms with van der Waals surface area (Å²) < 4.78 is 11.0. The number of unbranched alkanes of at least 4 members (excludes halogenated alkanes) is 4. The largest absolute Gasteiger partial charge is 0.494 e. The lowest BCUT2D eigenvalue weighted by molar-refractivity contribution is 0.0697. The van der Waals surface area contributed by atoms with Gasteiger partial charge >= 0.3 is 5.97 Å². The number of nitrogen functional groups attached to an aromatic ring is 1. The highest BCUT2D eigenvalue weighted by Crippen LogP contribution is 2.13. The number of nitrogens with two attached hydrogens (primary N) is 1. The number of carboxylic acids is 1. The molecule has 6 heteroatoms. The zero-order chi connectivity index (χ0) is 22.2. The van der Waals surface area contributed by atoms with Crippen LogP contribution in [0.3, 0.4) is 0 Å². The van der Waals surface area contributed by atoms with Gasteiger partial charge in [0, 0.05) is 17.3 Å². The minimum atomic E-state index is -0.918. The van der Waals surface area contributed by atoms with Gasteiger partial charge in [-0.05, 0) is 68.3 Å². The van der Waals surface area contributed by atoms with Crippen LogP contribution < -0.4 is 10.5 Å². The first kappa shape index (κ1) is 25.5. The van der Waals surface area contributed by atoms with Crippen molar-refractivity contribution in [2.24, 2.45) is 0 Å². The average molecular weight is 434 g/mol. The number of hydrogen-bond donors (Lipinski definition) is 2. The SMILES string of the molecule is C=C(C)COCCCCCCCOc1ccc(C(=O)O)cc1.Nc1ccc(Cl)cc1. The van der Waals surface area contributed by atoms with Crippen molar-refractivity contribution in [2.75, 3.05) is 25.6 Å². The smallest absolute Gasteiger partial charge is 0.335 e. The Hall–Kier alpha value is -2.50. The lowest BCUT2D eigenvalue weighted by Gasteiger charge is -2.07. The summed E-state index contributed by atoms with van der Waals surface area (Å²) in [6.07, 6.45) is 5.58. The second-order valence-electron chi connectivity index (χ2n) is 7.01. The summed E-state index contributed by atoms with van der Waals surface area (Å²) >= 11 is 5.56. The van der Waals surface area contributed by atoms with E-state index in [9.17, 15) is 4.79 Å². The molecule has 0 bridgehead atoms. The first-order valence-corrected chi connectivity index (χ1v) is 10.5. The molecule has 0 amide bonds. The molecular weight excluding hydrogens is 402 g/mol. The molecule has 0 saturated heterocycles. The molecule has 0 spiro atoms. The normalized spacial score (nSPS) is 10.1. The number of hydrogen-bond acceptors (Lipinski definition) is 4. The van der Waals surface area contributed by atoms with E-state index < -0.39 is 5.97 Å². The Morgan fingerprint density at radius 2 is 1.53 bits per heavy atom. The second kappa shape index (κ2) is 15.4. The summed E-state index contributed by atoms with van der Waals surface area (Å²) in [7, 11) is 0. The van der Waals surface area contributed by atoms with Gasteiger partial charge in [-0.25, -0.2) is 4.79 Å². The van der Waals surface area contributed by atoms with Crippen LogP contribution in [0, 0.1) is 0 Å². The predicted molar refractivity (Wildman–Crippen MR) is 123 cm³/mol. The standard InChI is InChI=1S/C18H26O4.C6H6ClN/c1-15(2)14-21-12-6-4-3-5-7-13-22-17-10-8-16(9-11-17)18(19)20;7-5-1-3-6(8)4-2-5/h8-11H,1,3-7,12-14H2,2H3,(H,19,20);1-4H,8H2. The molecule has 2 aromatic carbocycles. The quantitative estimate of drug-likeness (QED) is 0.235. The Morgan fingerprint density at radius 1 is 0.967 bits per heavy atom. The molecule has 0 aliphatic carbocycles. The second-order valence-corrected chi connectivity index (χ2v) is 7.44. The Labute approximate surface area is 184 Å². The Bertz CT molecular complexity index is 724. The van der Waals surface area contributed by atoms with E-state index in [-0.39, 0.29) is 5.56 Å². The minimum Gasteiger partial charge on any atom is -0.494 e. The summed E-state index contributed by atoms with van der Waals surface area (Å²) in [6.45, 7) is 7.89. The lowest BCUT2D eigenvalue weighted by Crippen LogP contribution is -2.00. The van der Waals surface area contributed by atoms with Crippen LogP contribution >= 0.6 is 11.6 Å². The molecule has 0 fully saturated rings. The number of benzene rings is 2. The van der Waals surface area contributed by atoms with Crippen molar-refractivity contribution in [3.05, 3.63) is 71.3 Å². The van der Waals surface area contributed by atoms with Crippen molar-refractivity contribution in [3.8, 4) is 5.75 Å². The highest BCUT2D eigenvalue weighted by molar-refractivity contribution is 6.30. The number of rotatable bonds is 12. The maximum atomic E-state index is 10.7. The number of aromatic carboxylic acids is 1. The molecule has 3 N–H and O–H groups in total. The molecular formula is C24H32ClNO4. The fourth-order valence-electron chi connectivity index (χ4n) is 2.43. The average Bonchev–Trinajstić information content (AvgIpc) is 2.72. The fourth-order valence-corrected chi connectivity index (χ4v) is 2.56. The molecule has 0 aliphatic heterocycles. The van der Waals surface area contributed by atoms with Gasteiger partial charge in [0.2, 0.25) is 0 Å². The van der Waals surface area contributed by atoms with Crippen molar-refractivity contribution in [3.63, 3.8) is 0 Å². The molecule has 5 nitrogen and oxygen atoms in total. The van der Waals surface area contributed by atoms with Crippen LogP contribution in [0.4, 0.5) is 5.69 Å². The van der Waals surface area contributed by atoms with Gasteiger partial charge in [0.25, 0.3) is 0 Å². The van der Waals surface area contributed by atoms with Crippen LogP contribution in [0.5, 0.6) is 5.75 Å². The summed E-state index contributed by atoms with van der Waals surface area (Å²) in [4.78, 5) is 10.7. The van der Waals surface area contributed by atoms with Crippen LogP contribution in [0.25, 0.3) is 0 Å². The minimum absolute atomic E-state index is 0.279. The van der Waals surface area contributed by atoms with E-state index in [1.54, 1.807) is 48.5 Å². The predicted octanol–water partition coefficient (Wildman–Crippen LogP) is 6.23. The topological polar surface area (TPSA) is 81.8 Å². The molecule has 0 saturated carbocycles. The summed E-state index contributed by atoms with van der Waals surface area (Å²) in [5.41, 5.74) is 7.46. The molecule has 0 aliphatic rings. The lowest BCUT2D eigenvalue weighted by atomic mass is 10.1. The van der Waals surface area contributed by atoms with Crippen LogP contribution in [0.15, 0.2) is 60.7 Å². The van der Waals surface area contributed by atoms with Gasteiger partial charge in [0.05, 0.1) is 18.8 Å². The molecule has 0 heterocycles. The zero-order valence-corrected chi connectivity index (χ0v) is 18.4. The van der Waals surface area contributed by atoms with E-state index in [1.165, 1.54) is 12.8 Å². The summed E-state index contributed by atoms with van der Waals surface area (Å²) in [5.74, 6) is -0.197. The van der Waals surface area contributed by atoms with Gasteiger partial charge < -0.3 is 20.3 Å². The third-order valence-electron chi connectivity index (χ3n) is 4.02. The van der Waals surface area contributed by atoms with Gasteiger partial charge in [0.1, 0.15) is 5.75 Å². The van der Waals surface area contributed by atoms with E-state index in [0.717, 1.165) is 47.9 Å². The van der Waals surface area contributed by atoms with Crippen LogP contribution in [-0.2, 0) is 4.74 Å². The van der Waals surface area contributed by atoms with Crippen molar-refractivity contribution < 1.29 is 19.4 Å². The van der Waals surface area contributed by atoms with Crippen molar-refractivity contribution >= 4 is 23.3 Å². The molecule has 0 radical (unpaired) electrons. The van der Waals surface area contributed by atoms with Gasteiger partial charge in [-0.15, -0.1) is 0 Å². The molecule has 2 aromatic rings. The Balaban J connectivity index is 0.000000467. The summed E-state index contributed by atoms with van der Waals surface area (Å²) in [5, 5.41) is 9.52. The number of carbonyl (C=O) groups is 1. The maximum absolute atomic E-state index is 10.7. The van der Waals surface area contributed by atoms with Gasteiger partial charge in [0.15, 0.2) is 0 Å². The monoisotopic (exact) mass is 433 g/mol. The van der Waals surface area contributed by atoms with E-state index in [1.807, 2.05) is 6.92 Å². The molecule has 164 valence electrons. The fraction of sp³-hybridized carbons (Fsp3) is 0.375. The van der Waals surface area contributed by atoms with E-state index in [2.05, 4.69) is 6.58 Å². The van der Waals surface area contributed by atoms with Crippen LogP contribution in [-0.4, -0.2) is 30.9 Å². The zero-order valence-electron chi connectivity index (χ0n) is 17.6. The maximum Gasteiger partial charge on any atom is 0.335 e. The molecule has 0 atom stereocenters. The van der Waals surface area contributed by atoms with Crippen molar-refractivity contribution in [1.29, 1.82) is 0 Å². The number of carboxylic acid groups (broad SMARTS) is 1. The number of halogens is 1. The molecule has 30 heavy (non-hydrogen) atoms. The van der Waals surface area contributed by atoms with E-state index in [4.69, 9.17) is 31.9 Å². The number of anilines is 1. The highest BCUT2D eigenvalue weighted by atomic mass is 35.5. The first-order valence-electron chi connectivity index (χ1n) is 10.1. The molecule has 0 aromatic heterocycles.